The monoisotopic (exact) mass is 378 g/mol. The average molecular weight is 378 g/mol. The second kappa shape index (κ2) is 10.1. The van der Waals surface area contributed by atoms with Crippen molar-refractivity contribution in [1.82, 2.24) is 10.6 Å². The van der Waals surface area contributed by atoms with Crippen LogP contribution in [0.15, 0.2) is 59.6 Å². The Balaban J connectivity index is 1.95. The Kier molecular flexibility index (Phi) is 7.61. The van der Waals surface area contributed by atoms with E-state index in [1.165, 1.54) is 0 Å². The standard InChI is InChI=1S/C22H26N4O2/c1-4-17-10-9-13-19(14-17)26-20(27)15-24-21(23-5-2)25-16-22(3,28)18-11-7-6-8-12-18/h1,6-14,28H,5,15-16H2,2-3H3,(H,26,27)(H2,23,24,25). The van der Waals surface area contributed by atoms with Gasteiger partial charge in [-0.2, -0.15) is 0 Å². The minimum Gasteiger partial charge on any atom is -0.384 e. The molecule has 2 aromatic rings. The van der Waals surface area contributed by atoms with Gasteiger partial charge in [-0.3, -0.25) is 4.79 Å². The summed E-state index contributed by atoms with van der Waals surface area (Å²) >= 11 is 0. The predicted octanol–water partition coefficient (Wildman–Crippen LogP) is 2.07. The summed E-state index contributed by atoms with van der Waals surface area (Å²) in [5.74, 6) is 2.72. The first kappa shape index (κ1) is 21.0. The van der Waals surface area contributed by atoms with E-state index in [-0.39, 0.29) is 19.0 Å². The Labute approximate surface area is 166 Å². The minimum atomic E-state index is -1.07. The largest absolute Gasteiger partial charge is 0.384 e. The molecule has 0 heterocycles. The van der Waals surface area contributed by atoms with Gasteiger partial charge in [0.15, 0.2) is 5.96 Å². The molecule has 2 rings (SSSR count). The van der Waals surface area contributed by atoms with Gasteiger partial charge in [0, 0.05) is 17.8 Å². The van der Waals surface area contributed by atoms with Crippen LogP contribution in [0.3, 0.4) is 0 Å². The molecule has 0 aliphatic carbocycles. The van der Waals surface area contributed by atoms with Crippen LogP contribution in [0.5, 0.6) is 0 Å². The second-order valence-electron chi connectivity index (χ2n) is 6.46. The highest BCUT2D eigenvalue weighted by atomic mass is 16.3. The molecule has 6 nitrogen and oxygen atoms in total. The molecule has 2 aromatic carbocycles. The highest BCUT2D eigenvalue weighted by Gasteiger charge is 2.23. The third-order valence-corrected chi connectivity index (χ3v) is 4.03. The van der Waals surface area contributed by atoms with E-state index in [0.717, 1.165) is 5.56 Å². The first-order valence-electron chi connectivity index (χ1n) is 9.11. The fourth-order valence-electron chi connectivity index (χ4n) is 2.53. The van der Waals surface area contributed by atoms with Gasteiger partial charge in [-0.05, 0) is 37.6 Å². The van der Waals surface area contributed by atoms with E-state index in [0.29, 0.717) is 23.8 Å². The predicted molar refractivity (Wildman–Crippen MR) is 113 cm³/mol. The van der Waals surface area contributed by atoms with Gasteiger partial charge >= 0.3 is 0 Å². The zero-order chi connectivity index (χ0) is 20.4. The summed E-state index contributed by atoms with van der Waals surface area (Å²) in [7, 11) is 0. The molecule has 146 valence electrons. The number of benzene rings is 2. The Morgan fingerprint density at radius 2 is 1.93 bits per heavy atom. The number of carbonyl (C=O) groups is 1. The molecule has 0 aliphatic heterocycles. The molecule has 0 radical (unpaired) electrons. The van der Waals surface area contributed by atoms with E-state index >= 15 is 0 Å². The number of hydrogen-bond acceptors (Lipinski definition) is 3. The Morgan fingerprint density at radius 1 is 1.18 bits per heavy atom. The number of rotatable bonds is 7. The van der Waals surface area contributed by atoms with Crippen LogP contribution in [0.4, 0.5) is 5.69 Å². The van der Waals surface area contributed by atoms with Crippen molar-refractivity contribution in [2.45, 2.75) is 19.4 Å². The number of amides is 1. The SMILES string of the molecule is C#Cc1cccc(NC(=O)CN=C(NCC)NCC(C)(O)c2ccccc2)c1. The molecule has 0 bridgehead atoms. The topological polar surface area (TPSA) is 85.8 Å². The lowest BCUT2D eigenvalue weighted by molar-refractivity contribution is -0.114. The zero-order valence-corrected chi connectivity index (χ0v) is 16.2. The van der Waals surface area contributed by atoms with E-state index < -0.39 is 5.60 Å². The fourth-order valence-corrected chi connectivity index (χ4v) is 2.53. The van der Waals surface area contributed by atoms with Crippen molar-refractivity contribution in [3.05, 3.63) is 65.7 Å². The van der Waals surface area contributed by atoms with Crippen LogP contribution in [-0.2, 0) is 10.4 Å². The molecule has 0 saturated carbocycles. The normalized spacial score (nSPS) is 13.1. The smallest absolute Gasteiger partial charge is 0.246 e. The number of aliphatic imine (C=N–C) groups is 1. The van der Waals surface area contributed by atoms with E-state index in [2.05, 4.69) is 26.9 Å². The van der Waals surface area contributed by atoms with Gasteiger partial charge in [-0.25, -0.2) is 4.99 Å². The second-order valence-corrected chi connectivity index (χ2v) is 6.46. The van der Waals surface area contributed by atoms with Crippen molar-refractivity contribution in [3.8, 4) is 12.3 Å². The van der Waals surface area contributed by atoms with Gasteiger partial charge in [0.1, 0.15) is 12.1 Å². The maximum Gasteiger partial charge on any atom is 0.246 e. The Bertz CT molecular complexity index is 854. The molecule has 1 amide bonds. The van der Waals surface area contributed by atoms with Gasteiger partial charge in [0.05, 0.1) is 6.54 Å². The molecular formula is C22H26N4O2. The number of guanidine groups is 1. The summed E-state index contributed by atoms with van der Waals surface area (Å²) in [6.45, 7) is 4.46. The van der Waals surface area contributed by atoms with Crippen molar-refractivity contribution in [1.29, 1.82) is 0 Å². The maximum atomic E-state index is 12.2. The highest BCUT2D eigenvalue weighted by molar-refractivity contribution is 5.94. The van der Waals surface area contributed by atoms with Crippen molar-refractivity contribution in [3.63, 3.8) is 0 Å². The minimum absolute atomic E-state index is 0.0664. The first-order chi connectivity index (χ1) is 13.4. The van der Waals surface area contributed by atoms with Crippen LogP contribution >= 0.6 is 0 Å². The lowest BCUT2D eigenvalue weighted by Gasteiger charge is -2.25. The highest BCUT2D eigenvalue weighted by Crippen LogP contribution is 2.18. The first-order valence-corrected chi connectivity index (χ1v) is 9.11. The summed E-state index contributed by atoms with van der Waals surface area (Å²) < 4.78 is 0. The van der Waals surface area contributed by atoms with Gasteiger partial charge in [0.2, 0.25) is 5.91 Å². The summed E-state index contributed by atoms with van der Waals surface area (Å²) in [6.07, 6.45) is 5.37. The number of aliphatic hydroxyl groups is 1. The number of hydrogen-bond donors (Lipinski definition) is 4. The van der Waals surface area contributed by atoms with Crippen LogP contribution in [-0.4, -0.2) is 36.6 Å². The van der Waals surface area contributed by atoms with Crippen molar-refractivity contribution in [2.75, 3.05) is 25.0 Å². The molecule has 28 heavy (non-hydrogen) atoms. The molecular weight excluding hydrogens is 352 g/mol. The Hall–Kier alpha value is -3.30. The number of nitrogens with one attached hydrogen (secondary N) is 3. The quantitative estimate of drug-likeness (QED) is 0.338. The summed E-state index contributed by atoms with van der Waals surface area (Å²) in [4.78, 5) is 16.4. The van der Waals surface area contributed by atoms with Gasteiger partial charge in [-0.1, -0.05) is 42.3 Å². The molecule has 4 N–H and O–H groups in total. The van der Waals surface area contributed by atoms with E-state index in [1.54, 1.807) is 31.2 Å². The van der Waals surface area contributed by atoms with Crippen LogP contribution in [0.25, 0.3) is 0 Å². The molecule has 1 atom stereocenters. The number of nitrogens with zero attached hydrogens (tertiary/aromatic N) is 1. The summed E-state index contributed by atoms with van der Waals surface area (Å²) in [6, 6.07) is 16.4. The molecule has 0 fully saturated rings. The van der Waals surface area contributed by atoms with Crippen LogP contribution in [0, 0.1) is 12.3 Å². The summed E-state index contributed by atoms with van der Waals surface area (Å²) in [5, 5.41) is 19.6. The zero-order valence-electron chi connectivity index (χ0n) is 16.2. The van der Waals surface area contributed by atoms with Crippen molar-refractivity contribution >= 4 is 17.6 Å². The maximum absolute atomic E-state index is 12.2. The van der Waals surface area contributed by atoms with Crippen LogP contribution < -0.4 is 16.0 Å². The lowest BCUT2D eigenvalue weighted by atomic mass is 9.96. The van der Waals surface area contributed by atoms with Gasteiger partial charge < -0.3 is 21.1 Å². The molecule has 0 spiro atoms. The lowest BCUT2D eigenvalue weighted by Crippen LogP contribution is -2.44. The number of terminal acetylenes is 1. The molecule has 0 aliphatic rings. The fraction of sp³-hybridized carbons (Fsp3) is 0.273. The number of anilines is 1. The van der Waals surface area contributed by atoms with E-state index in [9.17, 15) is 9.90 Å². The van der Waals surface area contributed by atoms with Crippen LogP contribution in [0.2, 0.25) is 0 Å². The average Bonchev–Trinajstić information content (AvgIpc) is 2.71. The van der Waals surface area contributed by atoms with Crippen molar-refractivity contribution < 1.29 is 9.90 Å². The number of carbonyl (C=O) groups excluding carboxylic acids is 1. The third kappa shape index (κ3) is 6.45. The van der Waals surface area contributed by atoms with Crippen LogP contribution in [0.1, 0.15) is 25.0 Å². The van der Waals surface area contributed by atoms with Gasteiger partial charge in [0.25, 0.3) is 0 Å². The molecule has 1 unspecified atom stereocenters. The Morgan fingerprint density at radius 3 is 2.61 bits per heavy atom. The van der Waals surface area contributed by atoms with Crippen molar-refractivity contribution in [2.24, 2.45) is 4.99 Å². The molecule has 0 aromatic heterocycles. The van der Waals surface area contributed by atoms with E-state index in [1.807, 2.05) is 37.3 Å². The molecule has 0 saturated heterocycles. The van der Waals surface area contributed by atoms with Gasteiger partial charge in [-0.15, -0.1) is 6.42 Å². The summed E-state index contributed by atoms with van der Waals surface area (Å²) in [5.41, 5.74) is 1.04. The van der Waals surface area contributed by atoms with E-state index in [4.69, 9.17) is 6.42 Å². The third-order valence-electron chi connectivity index (χ3n) is 4.03. The molecule has 6 heteroatoms.